The van der Waals surface area contributed by atoms with Gasteiger partial charge in [0.05, 0.1) is 0 Å². The van der Waals surface area contributed by atoms with Gasteiger partial charge in [0.25, 0.3) is 0 Å². The van der Waals surface area contributed by atoms with E-state index in [-0.39, 0.29) is 5.97 Å². The number of hydrogen-bond donors (Lipinski definition) is 0. The van der Waals surface area contributed by atoms with Crippen molar-refractivity contribution in [2.45, 2.75) is 24.8 Å². The van der Waals surface area contributed by atoms with E-state index in [1.807, 2.05) is 0 Å². The van der Waals surface area contributed by atoms with Crippen LogP contribution in [-0.2, 0) is 12.3 Å². The van der Waals surface area contributed by atoms with E-state index in [2.05, 4.69) is 3.73 Å². The summed E-state index contributed by atoms with van der Waals surface area (Å²) in [5.74, 6) is -0.373. The molecule has 0 aromatic heterocycles. The number of carbonyl (C=O) groups is 1. The summed E-state index contributed by atoms with van der Waals surface area (Å²) in [7, 11) is 0. The summed E-state index contributed by atoms with van der Waals surface area (Å²) >= 11 is -3.14. The SMILES string of the molecule is CCC(=O)O[As](C)(C)=O. The van der Waals surface area contributed by atoms with Crippen LogP contribution in [0.1, 0.15) is 13.3 Å². The summed E-state index contributed by atoms with van der Waals surface area (Å²) in [6.07, 6.45) is 0.299. The predicted molar refractivity (Wildman–Crippen MR) is 34.6 cm³/mol. The minimum atomic E-state index is -3.14. The first-order valence-electron chi connectivity index (χ1n) is 2.73. The van der Waals surface area contributed by atoms with Crippen molar-refractivity contribution in [3.05, 3.63) is 0 Å². The van der Waals surface area contributed by atoms with Gasteiger partial charge >= 0.3 is 56.8 Å². The molecular weight excluding hydrogens is 183 g/mol. The molecule has 9 heavy (non-hydrogen) atoms. The average molecular weight is 194 g/mol. The molecule has 0 aliphatic heterocycles. The van der Waals surface area contributed by atoms with Gasteiger partial charge in [-0.05, 0) is 0 Å². The molecule has 0 aliphatic rings. The molecule has 0 amide bonds. The van der Waals surface area contributed by atoms with Gasteiger partial charge < -0.3 is 0 Å². The number of hydrogen-bond acceptors (Lipinski definition) is 3. The molecule has 0 rings (SSSR count). The Morgan fingerprint density at radius 1 is 1.56 bits per heavy atom. The molecule has 0 fully saturated rings. The fourth-order valence-electron chi connectivity index (χ4n) is 0.310. The maximum atomic E-state index is 10.8. The fraction of sp³-hybridized carbons (Fsp3) is 0.800. The molecule has 0 saturated heterocycles. The Balaban J connectivity index is 3.75. The summed E-state index contributed by atoms with van der Waals surface area (Å²) in [5, 5.41) is 0. The van der Waals surface area contributed by atoms with Gasteiger partial charge in [0.1, 0.15) is 0 Å². The van der Waals surface area contributed by atoms with E-state index >= 15 is 0 Å². The Kier molecular flexibility index (Phi) is 3.05. The Bertz CT molecular complexity index is 146. The summed E-state index contributed by atoms with van der Waals surface area (Å²) in [6.45, 7) is 1.67. The van der Waals surface area contributed by atoms with E-state index < -0.39 is 13.8 Å². The van der Waals surface area contributed by atoms with Crippen LogP contribution in [-0.4, -0.2) is 19.8 Å². The van der Waals surface area contributed by atoms with Crippen molar-refractivity contribution in [1.82, 2.24) is 0 Å². The molecule has 0 atom stereocenters. The van der Waals surface area contributed by atoms with E-state index in [9.17, 15) is 8.53 Å². The predicted octanol–water partition coefficient (Wildman–Crippen LogP) is 1.07. The summed E-state index contributed by atoms with van der Waals surface area (Å²) in [5.41, 5.74) is 2.96. The van der Waals surface area contributed by atoms with Crippen molar-refractivity contribution < 1.29 is 12.3 Å². The maximum absolute atomic E-state index is 10.8. The molecule has 0 heterocycles. The Morgan fingerprint density at radius 3 is 2.11 bits per heavy atom. The first-order chi connectivity index (χ1) is 3.95. The third-order valence-electron chi connectivity index (χ3n) is 0.610. The van der Waals surface area contributed by atoms with Crippen molar-refractivity contribution in [1.29, 1.82) is 0 Å². The first kappa shape index (κ1) is 8.83. The van der Waals surface area contributed by atoms with Gasteiger partial charge in [-0.1, -0.05) is 0 Å². The number of carbonyl (C=O) groups excluding carboxylic acids is 1. The summed E-state index contributed by atoms with van der Waals surface area (Å²) in [6, 6.07) is 0. The van der Waals surface area contributed by atoms with Crippen LogP contribution in [0.5, 0.6) is 0 Å². The van der Waals surface area contributed by atoms with Gasteiger partial charge in [-0.25, -0.2) is 0 Å². The quantitative estimate of drug-likeness (QED) is 0.617. The molecule has 4 heteroatoms. The van der Waals surface area contributed by atoms with Crippen molar-refractivity contribution >= 4 is 19.8 Å². The van der Waals surface area contributed by atoms with Crippen LogP contribution in [0.15, 0.2) is 0 Å². The van der Waals surface area contributed by atoms with Crippen molar-refractivity contribution in [3.63, 3.8) is 0 Å². The van der Waals surface area contributed by atoms with Gasteiger partial charge in [-0.15, -0.1) is 0 Å². The zero-order valence-electron chi connectivity index (χ0n) is 5.88. The second-order valence-electron chi connectivity index (χ2n) is 2.07. The van der Waals surface area contributed by atoms with Crippen LogP contribution in [0, 0.1) is 0 Å². The molecule has 0 aromatic rings. The molecule has 0 saturated carbocycles. The minimum absolute atomic E-state index is 0.299. The van der Waals surface area contributed by atoms with Gasteiger partial charge in [0.15, 0.2) is 0 Å². The average Bonchev–Trinajstić information content (AvgIpc) is 1.62. The van der Waals surface area contributed by atoms with E-state index in [0.29, 0.717) is 6.42 Å². The van der Waals surface area contributed by atoms with E-state index in [1.54, 1.807) is 6.92 Å². The molecule has 54 valence electrons. The van der Waals surface area contributed by atoms with Crippen LogP contribution >= 0.6 is 0 Å². The topological polar surface area (TPSA) is 43.4 Å². The monoisotopic (exact) mass is 194 g/mol. The van der Waals surface area contributed by atoms with Crippen LogP contribution in [0.4, 0.5) is 0 Å². The van der Waals surface area contributed by atoms with Gasteiger partial charge in [0.2, 0.25) is 0 Å². The molecule has 0 N–H and O–H groups in total. The molecule has 0 aliphatic carbocycles. The summed E-state index contributed by atoms with van der Waals surface area (Å²) < 4.78 is 15.4. The second kappa shape index (κ2) is 3.11. The van der Waals surface area contributed by atoms with Crippen molar-refractivity contribution in [2.24, 2.45) is 0 Å². The van der Waals surface area contributed by atoms with E-state index in [0.717, 1.165) is 0 Å². The summed E-state index contributed by atoms with van der Waals surface area (Å²) in [4.78, 5) is 10.4. The fourth-order valence-corrected chi connectivity index (χ4v) is 1.61. The van der Waals surface area contributed by atoms with Gasteiger partial charge in [-0.3, -0.25) is 0 Å². The Hall–Kier alpha value is -0.172. The molecule has 0 aromatic carbocycles. The van der Waals surface area contributed by atoms with E-state index in [1.165, 1.54) is 11.4 Å². The Labute approximate surface area is 57.4 Å². The van der Waals surface area contributed by atoms with Crippen LogP contribution < -0.4 is 0 Å². The Morgan fingerprint density at radius 2 is 2.00 bits per heavy atom. The van der Waals surface area contributed by atoms with Crippen molar-refractivity contribution in [3.8, 4) is 0 Å². The van der Waals surface area contributed by atoms with E-state index in [4.69, 9.17) is 0 Å². The third-order valence-corrected chi connectivity index (χ3v) is 1.96. The van der Waals surface area contributed by atoms with Crippen LogP contribution in [0.3, 0.4) is 0 Å². The molecule has 0 radical (unpaired) electrons. The zero-order valence-corrected chi connectivity index (χ0v) is 7.76. The van der Waals surface area contributed by atoms with Gasteiger partial charge in [0, 0.05) is 0 Å². The zero-order chi connectivity index (χ0) is 7.49. The third kappa shape index (κ3) is 5.70. The standard InChI is InChI=1S/C5H11AsO3/c1-4-5(7)9-6(2,3)8/h4H2,1-3H3. The van der Waals surface area contributed by atoms with Crippen LogP contribution in [0.2, 0.25) is 11.4 Å². The van der Waals surface area contributed by atoms with Crippen molar-refractivity contribution in [2.75, 3.05) is 0 Å². The second-order valence-corrected chi connectivity index (χ2v) is 7.71. The molecule has 0 bridgehead atoms. The first-order valence-corrected chi connectivity index (χ1v) is 8.01. The normalized spacial score (nSPS) is 11.0. The molecule has 0 spiro atoms. The molecule has 3 nitrogen and oxygen atoms in total. The molecular formula is C5H11AsO3. The molecule has 0 unspecified atom stereocenters. The van der Waals surface area contributed by atoms with Gasteiger partial charge in [-0.2, -0.15) is 0 Å². The van der Waals surface area contributed by atoms with Crippen LogP contribution in [0.25, 0.3) is 0 Å². The number of rotatable bonds is 2.